The van der Waals surface area contributed by atoms with Crippen LogP contribution in [0.2, 0.25) is 0 Å². The monoisotopic (exact) mass is 491 g/mol. The number of hydrogen-bond acceptors (Lipinski definition) is 6. The molecule has 1 saturated heterocycles. The Morgan fingerprint density at radius 1 is 1.03 bits per heavy atom. The van der Waals surface area contributed by atoms with Gasteiger partial charge >= 0.3 is 0 Å². The quantitative estimate of drug-likeness (QED) is 0.295. The molecule has 7 nitrogen and oxygen atoms in total. The van der Waals surface area contributed by atoms with Crippen LogP contribution in [0.25, 0.3) is 0 Å². The van der Waals surface area contributed by atoms with Gasteiger partial charge in [-0.1, -0.05) is 24.6 Å². The van der Waals surface area contributed by atoms with Gasteiger partial charge in [-0.25, -0.2) is 13.1 Å². The van der Waals surface area contributed by atoms with Crippen molar-refractivity contribution in [1.29, 1.82) is 0 Å². The average Bonchev–Trinajstić information content (AvgIpc) is 2.84. The van der Waals surface area contributed by atoms with Crippen molar-refractivity contribution in [2.75, 3.05) is 50.9 Å². The van der Waals surface area contributed by atoms with Gasteiger partial charge in [-0.2, -0.15) is 0 Å². The van der Waals surface area contributed by atoms with Crippen LogP contribution in [0, 0.1) is 0 Å². The van der Waals surface area contributed by atoms with E-state index in [1.807, 2.05) is 6.07 Å². The molecule has 0 radical (unpaired) electrons. The molecule has 1 fully saturated rings. The van der Waals surface area contributed by atoms with Crippen molar-refractivity contribution in [2.24, 2.45) is 0 Å². The molecule has 3 rings (SSSR count). The second-order valence-corrected chi connectivity index (χ2v) is 11.4. The van der Waals surface area contributed by atoms with Crippen molar-refractivity contribution in [3.63, 3.8) is 0 Å². The fourth-order valence-electron chi connectivity index (χ4n) is 4.05. The van der Waals surface area contributed by atoms with Gasteiger partial charge in [0.2, 0.25) is 10.0 Å². The fraction of sp³-hybridized carbons (Fsp3) is 0.458. The van der Waals surface area contributed by atoms with Gasteiger partial charge in [0.05, 0.1) is 0 Å². The van der Waals surface area contributed by atoms with E-state index in [4.69, 9.17) is 0 Å². The van der Waals surface area contributed by atoms with Crippen LogP contribution >= 0.6 is 0 Å². The number of unbranched alkanes of at least 4 members (excludes halogenated alkanes) is 2. The molecule has 0 aromatic heterocycles. The maximum atomic E-state index is 12.6. The summed E-state index contributed by atoms with van der Waals surface area (Å²) < 4.78 is 38.7. The maximum Gasteiger partial charge on any atom is 0.245 e. The minimum atomic E-state index is -3.80. The van der Waals surface area contributed by atoms with E-state index >= 15 is 0 Å². The largest absolute Gasteiger partial charge is 0.612 e. The first-order chi connectivity index (χ1) is 15.8. The number of ketones is 1. The van der Waals surface area contributed by atoms with E-state index in [1.165, 1.54) is 31.1 Å². The molecule has 9 heteroatoms. The summed E-state index contributed by atoms with van der Waals surface area (Å²) in [5, 5.41) is 0. The predicted octanol–water partition coefficient (Wildman–Crippen LogP) is 2.90. The number of Topliss-reactive ketones (excluding diaryl/α,β-unsaturated/α-hetero) is 1. The van der Waals surface area contributed by atoms with E-state index in [0.29, 0.717) is 12.0 Å². The highest BCUT2D eigenvalue weighted by Gasteiger charge is 2.24. The van der Waals surface area contributed by atoms with Gasteiger partial charge in [0.1, 0.15) is 11.2 Å². The normalized spacial score (nSPS) is 16.0. The van der Waals surface area contributed by atoms with Gasteiger partial charge in [-0.3, -0.25) is 9.69 Å². The third-order valence-electron chi connectivity index (χ3n) is 6.01. The molecule has 2 aromatic rings. The lowest BCUT2D eigenvalue weighted by Crippen LogP contribution is -2.46. The summed E-state index contributed by atoms with van der Waals surface area (Å²) >= 11 is -1.47. The lowest BCUT2D eigenvalue weighted by molar-refractivity contribution is 0.0978. The zero-order valence-corrected chi connectivity index (χ0v) is 21.0. The topological polar surface area (TPSA) is 92.8 Å². The molecule has 33 heavy (non-hydrogen) atoms. The number of carbonyl (C=O) groups is 1. The molecule has 180 valence electrons. The van der Waals surface area contributed by atoms with E-state index in [9.17, 15) is 17.8 Å². The van der Waals surface area contributed by atoms with Crippen LogP contribution in [-0.4, -0.2) is 69.7 Å². The Kier molecular flexibility index (Phi) is 9.34. The number of rotatable bonds is 11. The van der Waals surface area contributed by atoms with Crippen molar-refractivity contribution in [2.45, 2.75) is 35.5 Å². The molecular weight excluding hydrogens is 458 g/mol. The van der Waals surface area contributed by atoms with Crippen molar-refractivity contribution >= 4 is 32.7 Å². The van der Waals surface area contributed by atoms with Gasteiger partial charge in [-0.05, 0) is 67.9 Å². The molecule has 1 aliphatic rings. The fourth-order valence-corrected chi connectivity index (χ4v) is 6.17. The predicted molar refractivity (Wildman–Crippen MR) is 133 cm³/mol. The van der Waals surface area contributed by atoms with Crippen LogP contribution in [0.15, 0.2) is 58.3 Å². The van der Waals surface area contributed by atoms with Crippen LogP contribution in [0.1, 0.15) is 36.0 Å². The van der Waals surface area contributed by atoms with Crippen molar-refractivity contribution in [1.82, 2.24) is 9.62 Å². The van der Waals surface area contributed by atoms with E-state index < -0.39 is 21.2 Å². The number of carbonyl (C=O) groups excluding carboxylic acids is 1. The number of benzene rings is 2. The molecule has 0 bridgehead atoms. The third kappa shape index (κ3) is 7.04. The summed E-state index contributed by atoms with van der Waals surface area (Å²) in [7, 11) is -2.50. The second kappa shape index (κ2) is 12.0. The van der Waals surface area contributed by atoms with Gasteiger partial charge in [0.25, 0.3) is 0 Å². The molecule has 0 spiro atoms. The Morgan fingerprint density at radius 2 is 1.73 bits per heavy atom. The molecule has 0 aliphatic carbocycles. The van der Waals surface area contributed by atoms with Gasteiger partial charge in [-0.15, -0.1) is 0 Å². The molecule has 1 unspecified atom stereocenters. The highest BCUT2D eigenvalue weighted by molar-refractivity contribution is 7.93. The highest BCUT2D eigenvalue weighted by atomic mass is 32.2. The molecule has 1 N–H and O–H groups in total. The number of piperazine rings is 1. The Hall–Kier alpha value is -1.91. The SMILES string of the molecule is CNS(=O)(=O)c1cc(C(=O)CCCCCN2CCN(c3ccccc3)CC2)ccc1[S+](C)[O-]. The van der Waals surface area contributed by atoms with Crippen molar-refractivity contribution in [3.8, 4) is 0 Å². The Labute approximate surface area is 200 Å². The Bertz CT molecular complexity index is 1020. The summed E-state index contributed by atoms with van der Waals surface area (Å²) in [6.07, 6.45) is 4.54. The van der Waals surface area contributed by atoms with E-state index in [0.717, 1.165) is 52.0 Å². The van der Waals surface area contributed by atoms with Crippen LogP contribution in [0.4, 0.5) is 5.69 Å². The summed E-state index contributed by atoms with van der Waals surface area (Å²) in [4.78, 5) is 17.6. The third-order valence-corrected chi connectivity index (χ3v) is 8.56. The molecule has 1 heterocycles. The summed E-state index contributed by atoms with van der Waals surface area (Å²) in [5.41, 5.74) is 1.62. The number of anilines is 1. The van der Waals surface area contributed by atoms with Crippen LogP contribution in [0.5, 0.6) is 0 Å². The minimum absolute atomic E-state index is 0.0903. The average molecular weight is 492 g/mol. The first-order valence-electron chi connectivity index (χ1n) is 11.3. The zero-order valence-electron chi connectivity index (χ0n) is 19.3. The lowest BCUT2D eigenvalue weighted by atomic mass is 10.0. The standard InChI is InChI=1S/C24H33N3O4S2/c1-25-33(30,31)24-19-20(12-13-23(24)32(2)29)22(28)11-7-4-8-14-26-15-17-27(18-16-26)21-9-5-3-6-10-21/h3,5-6,9-10,12-13,19,25H,4,7-8,11,14-18H2,1-2H3. The zero-order chi connectivity index (χ0) is 23.8. The molecule has 0 saturated carbocycles. The van der Waals surface area contributed by atoms with E-state index in [-0.39, 0.29) is 15.6 Å². The molecule has 0 amide bonds. The van der Waals surface area contributed by atoms with Gasteiger partial charge < -0.3 is 9.45 Å². The van der Waals surface area contributed by atoms with Crippen molar-refractivity contribution in [3.05, 3.63) is 54.1 Å². The summed E-state index contributed by atoms with van der Waals surface area (Å²) in [5.74, 6) is -0.0903. The first-order valence-corrected chi connectivity index (χ1v) is 14.3. The first kappa shape index (κ1) is 25.7. The van der Waals surface area contributed by atoms with Gasteiger partial charge in [0.15, 0.2) is 10.7 Å². The molecule has 1 aliphatic heterocycles. The minimum Gasteiger partial charge on any atom is -0.612 e. The Balaban J connectivity index is 1.42. The summed E-state index contributed by atoms with van der Waals surface area (Å²) in [6.45, 7) is 5.17. The highest BCUT2D eigenvalue weighted by Crippen LogP contribution is 2.23. The second-order valence-electron chi connectivity index (χ2n) is 8.22. The molecular formula is C24H33N3O4S2. The lowest BCUT2D eigenvalue weighted by Gasteiger charge is -2.36. The smallest absolute Gasteiger partial charge is 0.245 e. The Morgan fingerprint density at radius 3 is 2.36 bits per heavy atom. The van der Waals surface area contributed by atoms with Crippen LogP contribution < -0.4 is 9.62 Å². The van der Waals surface area contributed by atoms with Crippen molar-refractivity contribution < 1.29 is 17.8 Å². The van der Waals surface area contributed by atoms with E-state index in [2.05, 4.69) is 38.8 Å². The number of nitrogens with one attached hydrogen (secondary N) is 1. The number of hydrogen-bond donors (Lipinski definition) is 1. The van der Waals surface area contributed by atoms with E-state index in [1.54, 1.807) is 6.07 Å². The summed E-state index contributed by atoms with van der Waals surface area (Å²) in [6, 6.07) is 14.9. The molecule has 2 aromatic carbocycles. The number of para-hydroxylation sites is 1. The number of sulfonamides is 1. The van der Waals surface area contributed by atoms with Crippen LogP contribution in [-0.2, 0) is 21.2 Å². The maximum absolute atomic E-state index is 12.6. The molecule has 1 atom stereocenters. The van der Waals surface area contributed by atoms with Crippen LogP contribution in [0.3, 0.4) is 0 Å². The number of nitrogens with zero attached hydrogens (tertiary/aromatic N) is 2. The van der Waals surface area contributed by atoms with Gasteiger partial charge in [0, 0.05) is 43.9 Å².